The van der Waals surface area contributed by atoms with Crippen molar-refractivity contribution in [1.82, 2.24) is 0 Å². The normalized spacial score (nSPS) is 10.9. The molecule has 0 saturated carbocycles. The van der Waals surface area contributed by atoms with Crippen LogP contribution < -0.4 is 0 Å². The lowest BCUT2D eigenvalue weighted by Crippen LogP contribution is -1.76. The maximum Gasteiger partial charge on any atom is -0.00137 e. The molecule has 0 heteroatoms. The molecule has 0 unspecified atom stereocenters. The quantitative estimate of drug-likeness (QED) is 0.459. The van der Waals surface area contributed by atoms with Crippen molar-refractivity contribution in [1.29, 1.82) is 0 Å². The first-order valence-corrected chi connectivity index (χ1v) is 4.57. The minimum atomic E-state index is 1.08. The number of hydrogen-bond donors (Lipinski definition) is 0. The van der Waals surface area contributed by atoms with E-state index in [4.69, 9.17) is 0 Å². The van der Waals surface area contributed by atoms with Crippen molar-refractivity contribution in [3.63, 3.8) is 0 Å². The van der Waals surface area contributed by atoms with E-state index in [0.717, 1.165) is 10.8 Å². The van der Waals surface area contributed by atoms with Crippen LogP contribution in [0.3, 0.4) is 0 Å². The lowest BCUT2D eigenvalue weighted by molar-refractivity contribution is 1.74. The van der Waals surface area contributed by atoms with E-state index in [0.29, 0.717) is 0 Å². The predicted molar refractivity (Wildman–Crippen MR) is 58.0 cm³/mol. The smallest absolute Gasteiger partial charge is 0.00137 e. The monoisotopic (exact) mass is 175 g/mol. The molecular weight excluding hydrogens is 168 g/mol. The highest BCUT2D eigenvalue weighted by molar-refractivity contribution is 6.06. The van der Waals surface area contributed by atoms with Crippen LogP contribution in [0.5, 0.6) is 0 Å². The van der Waals surface area contributed by atoms with Crippen molar-refractivity contribution >= 4 is 21.5 Å². The molecule has 0 saturated heterocycles. The van der Waals surface area contributed by atoms with Crippen molar-refractivity contribution in [2.24, 2.45) is 0 Å². The third-order valence-electron chi connectivity index (χ3n) is 2.42. The van der Waals surface area contributed by atoms with Crippen LogP contribution in [0.4, 0.5) is 0 Å². The summed E-state index contributed by atoms with van der Waals surface area (Å²) in [6.07, 6.45) is 0. The Bertz CT molecular complexity index is 539. The van der Waals surface area contributed by atoms with Crippen LogP contribution in [0.2, 0.25) is 0 Å². The Labute approximate surface area is 82.8 Å². The summed E-state index contributed by atoms with van der Waals surface area (Å²) in [5, 5.41) is 4.68. The molecule has 0 aromatic heterocycles. The van der Waals surface area contributed by atoms with E-state index in [1.54, 1.807) is 0 Å². The van der Waals surface area contributed by atoms with Gasteiger partial charge in [-0.15, -0.1) is 0 Å². The van der Waals surface area contributed by atoms with E-state index in [9.17, 15) is 0 Å². The Balaban J connectivity index is 2.61. The van der Waals surface area contributed by atoms with Gasteiger partial charge in [-0.1, -0.05) is 36.4 Å². The fraction of sp³-hybridized carbons (Fsp3) is 0. The third kappa shape index (κ3) is 1.01. The van der Waals surface area contributed by atoms with E-state index in [1.165, 1.54) is 10.8 Å². The summed E-state index contributed by atoms with van der Waals surface area (Å²) in [6.45, 7) is 0. The first kappa shape index (κ1) is 7.57. The molecule has 0 aliphatic heterocycles. The SMILES string of the molecule is [c]1[c]c2c[c]c3ccccc3c2cc1. The molecule has 63 valence electrons. The first-order valence-electron chi connectivity index (χ1n) is 4.57. The van der Waals surface area contributed by atoms with E-state index in [2.05, 4.69) is 36.4 Å². The number of benzene rings is 3. The Hall–Kier alpha value is -1.82. The highest BCUT2D eigenvalue weighted by Crippen LogP contribution is 2.23. The standard InChI is InChI=1S/C14H7/c1-3-7-13-11(5-1)9-10-12-6-2-4-8-14(12)13/h1,3-5,7-8,10H. The second-order valence-corrected chi connectivity index (χ2v) is 3.26. The fourth-order valence-corrected chi connectivity index (χ4v) is 1.74. The summed E-state index contributed by atoms with van der Waals surface area (Å²) >= 11 is 0. The molecule has 3 aromatic carbocycles. The molecule has 3 rings (SSSR count). The molecule has 0 N–H and O–H groups in total. The molecule has 0 amide bonds. The Morgan fingerprint density at radius 3 is 2.71 bits per heavy atom. The molecule has 0 nitrogen and oxygen atoms in total. The van der Waals surface area contributed by atoms with Gasteiger partial charge in [-0.2, -0.15) is 0 Å². The van der Waals surface area contributed by atoms with Gasteiger partial charge < -0.3 is 0 Å². The predicted octanol–water partition coefficient (Wildman–Crippen LogP) is 3.39. The van der Waals surface area contributed by atoms with Gasteiger partial charge in [-0.05, 0) is 45.8 Å². The third-order valence-corrected chi connectivity index (χ3v) is 2.42. The Morgan fingerprint density at radius 2 is 1.71 bits per heavy atom. The van der Waals surface area contributed by atoms with Crippen LogP contribution in [-0.2, 0) is 0 Å². The van der Waals surface area contributed by atoms with Crippen molar-refractivity contribution in [3.05, 3.63) is 60.7 Å². The van der Waals surface area contributed by atoms with Gasteiger partial charge in [0.2, 0.25) is 0 Å². The van der Waals surface area contributed by atoms with Crippen molar-refractivity contribution in [3.8, 4) is 0 Å². The maximum atomic E-state index is 3.24. The maximum absolute atomic E-state index is 3.24. The molecule has 0 fully saturated rings. The van der Waals surface area contributed by atoms with Crippen LogP contribution in [0, 0.1) is 18.2 Å². The molecule has 14 heavy (non-hydrogen) atoms. The van der Waals surface area contributed by atoms with Crippen molar-refractivity contribution < 1.29 is 0 Å². The molecular formula is C14H7. The average Bonchev–Trinajstić information content (AvgIpc) is 2.29. The van der Waals surface area contributed by atoms with Crippen molar-refractivity contribution in [2.75, 3.05) is 0 Å². The van der Waals surface area contributed by atoms with Crippen LogP contribution >= 0.6 is 0 Å². The Kier molecular flexibility index (Phi) is 1.54. The average molecular weight is 175 g/mol. The number of hydrogen-bond acceptors (Lipinski definition) is 0. The van der Waals surface area contributed by atoms with Gasteiger partial charge in [0.25, 0.3) is 0 Å². The molecule has 0 aliphatic carbocycles. The summed E-state index contributed by atoms with van der Waals surface area (Å²) in [7, 11) is 0. The molecule has 3 radical (unpaired) electrons. The molecule has 0 spiro atoms. The van der Waals surface area contributed by atoms with E-state index in [-0.39, 0.29) is 0 Å². The van der Waals surface area contributed by atoms with Gasteiger partial charge in [0, 0.05) is 0 Å². The molecule has 0 heterocycles. The van der Waals surface area contributed by atoms with Gasteiger partial charge in [0.15, 0.2) is 0 Å². The van der Waals surface area contributed by atoms with Gasteiger partial charge in [-0.3, -0.25) is 0 Å². The summed E-state index contributed by atoms with van der Waals surface area (Å²) in [5.41, 5.74) is 0. The minimum absolute atomic E-state index is 1.08. The molecule has 3 aromatic rings. The second kappa shape index (κ2) is 2.85. The zero-order chi connectivity index (χ0) is 9.38. The van der Waals surface area contributed by atoms with E-state index in [1.807, 2.05) is 24.3 Å². The van der Waals surface area contributed by atoms with Gasteiger partial charge in [0.05, 0.1) is 0 Å². The highest BCUT2D eigenvalue weighted by Gasteiger charge is 1.98. The summed E-state index contributed by atoms with van der Waals surface area (Å²) < 4.78 is 0. The van der Waals surface area contributed by atoms with Gasteiger partial charge >= 0.3 is 0 Å². The van der Waals surface area contributed by atoms with Crippen LogP contribution in [-0.4, -0.2) is 0 Å². The lowest BCUT2D eigenvalue weighted by Gasteiger charge is -2.01. The molecule has 0 atom stereocenters. The van der Waals surface area contributed by atoms with E-state index >= 15 is 0 Å². The Morgan fingerprint density at radius 1 is 0.857 bits per heavy atom. The second-order valence-electron chi connectivity index (χ2n) is 3.26. The zero-order valence-corrected chi connectivity index (χ0v) is 7.54. The van der Waals surface area contributed by atoms with Gasteiger partial charge in [-0.25, -0.2) is 0 Å². The van der Waals surface area contributed by atoms with Crippen LogP contribution in [0.15, 0.2) is 42.5 Å². The summed E-state index contributed by atoms with van der Waals surface area (Å²) in [5.74, 6) is 0. The van der Waals surface area contributed by atoms with Crippen LogP contribution in [0.1, 0.15) is 0 Å². The number of rotatable bonds is 0. The van der Waals surface area contributed by atoms with Crippen LogP contribution in [0.25, 0.3) is 21.5 Å². The zero-order valence-electron chi connectivity index (χ0n) is 7.54. The lowest BCUT2D eigenvalue weighted by atomic mass is 10.0. The molecule has 0 aliphatic rings. The summed E-state index contributed by atoms with van der Waals surface area (Å²) in [6, 6.07) is 23.5. The summed E-state index contributed by atoms with van der Waals surface area (Å²) in [4.78, 5) is 0. The largest absolute Gasteiger partial charge is 0.0616 e. The van der Waals surface area contributed by atoms with Gasteiger partial charge in [0.1, 0.15) is 0 Å². The topological polar surface area (TPSA) is 0 Å². The minimum Gasteiger partial charge on any atom is -0.0616 e. The van der Waals surface area contributed by atoms with Crippen molar-refractivity contribution in [2.45, 2.75) is 0 Å². The van der Waals surface area contributed by atoms with E-state index < -0.39 is 0 Å². The molecule has 0 bridgehead atoms. The first-order chi connectivity index (χ1) is 6.95. The number of fused-ring (bicyclic) bond motifs is 3. The highest BCUT2D eigenvalue weighted by atomic mass is 14.0. The fourth-order valence-electron chi connectivity index (χ4n) is 1.74.